The van der Waals surface area contributed by atoms with Gasteiger partial charge < -0.3 is 5.11 Å². The van der Waals surface area contributed by atoms with E-state index < -0.39 is 24.2 Å². The fourth-order valence-corrected chi connectivity index (χ4v) is 3.41. The molecular weight excluding hydrogens is 323 g/mol. The molecule has 0 spiro atoms. The molecule has 1 heterocycles. The van der Waals surface area contributed by atoms with Crippen molar-refractivity contribution in [3.63, 3.8) is 0 Å². The largest absolute Gasteiger partial charge is 0.480 e. The standard InChI is InChI=1S/C16H24F3N3O2/c1-3-22-12(8-9-20-22)14(16(17,18)19)21-13(15(23)24)11-6-4-10(2)5-7-11/h8-11,13-14,21H,3-7H2,1-2H3,(H,23,24)/t10?,11?,13-,14?/m0/s1. The highest BCUT2D eigenvalue weighted by Gasteiger charge is 2.46. The van der Waals surface area contributed by atoms with E-state index in [2.05, 4.69) is 17.3 Å². The maximum atomic E-state index is 13.6. The van der Waals surface area contributed by atoms with Gasteiger partial charge in [0.15, 0.2) is 0 Å². The van der Waals surface area contributed by atoms with E-state index in [1.807, 2.05) is 0 Å². The summed E-state index contributed by atoms with van der Waals surface area (Å²) in [6, 6.07) is -1.97. The molecule has 1 aliphatic carbocycles. The van der Waals surface area contributed by atoms with Crippen molar-refractivity contribution in [1.29, 1.82) is 0 Å². The van der Waals surface area contributed by atoms with Crippen LogP contribution in [0.2, 0.25) is 0 Å². The maximum absolute atomic E-state index is 13.6. The molecule has 0 saturated heterocycles. The van der Waals surface area contributed by atoms with Gasteiger partial charge in [-0.15, -0.1) is 0 Å². The minimum absolute atomic E-state index is 0.0552. The number of aromatic nitrogens is 2. The lowest BCUT2D eigenvalue weighted by Gasteiger charge is -2.34. The molecule has 1 aromatic heterocycles. The number of hydrogen-bond acceptors (Lipinski definition) is 3. The van der Waals surface area contributed by atoms with Crippen molar-refractivity contribution in [3.8, 4) is 0 Å². The molecule has 1 saturated carbocycles. The minimum atomic E-state index is -4.59. The highest BCUT2D eigenvalue weighted by Crippen LogP contribution is 2.36. The van der Waals surface area contributed by atoms with Crippen LogP contribution in [-0.4, -0.2) is 33.1 Å². The number of alkyl halides is 3. The van der Waals surface area contributed by atoms with Crippen LogP contribution in [0.1, 0.15) is 51.3 Å². The highest BCUT2D eigenvalue weighted by atomic mass is 19.4. The van der Waals surface area contributed by atoms with Crippen molar-refractivity contribution < 1.29 is 23.1 Å². The molecule has 1 aromatic rings. The van der Waals surface area contributed by atoms with Crippen molar-refractivity contribution in [3.05, 3.63) is 18.0 Å². The normalized spacial score (nSPS) is 24.5. The Labute approximate surface area is 139 Å². The number of halogens is 3. The van der Waals surface area contributed by atoms with Gasteiger partial charge in [-0.3, -0.25) is 14.8 Å². The Hall–Kier alpha value is -1.57. The van der Waals surface area contributed by atoms with Crippen LogP contribution < -0.4 is 5.32 Å². The number of carbonyl (C=O) groups is 1. The highest BCUT2D eigenvalue weighted by molar-refractivity contribution is 5.74. The molecule has 136 valence electrons. The smallest absolute Gasteiger partial charge is 0.409 e. The third-order valence-electron chi connectivity index (χ3n) is 4.82. The van der Waals surface area contributed by atoms with Gasteiger partial charge in [0.05, 0.1) is 5.69 Å². The molecule has 24 heavy (non-hydrogen) atoms. The molecule has 8 heteroatoms. The van der Waals surface area contributed by atoms with Crippen molar-refractivity contribution in [2.24, 2.45) is 11.8 Å². The summed E-state index contributed by atoms with van der Waals surface area (Å²) in [6.07, 6.45) is -0.342. The number of nitrogens with one attached hydrogen (secondary N) is 1. The summed E-state index contributed by atoms with van der Waals surface area (Å²) >= 11 is 0. The molecule has 2 atom stereocenters. The van der Waals surface area contributed by atoms with Crippen LogP contribution in [0.15, 0.2) is 12.3 Å². The summed E-state index contributed by atoms with van der Waals surface area (Å²) in [6.45, 7) is 4.06. The lowest BCUT2D eigenvalue weighted by molar-refractivity contribution is -0.166. The molecule has 0 amide bonds. The summed E-state index contributed by atoms with van der Waals surface area (Å²) in [7, 11) is 0. The number of carboxylic acids is 1. The average molecular weight is 347 g/mol. The molecule has 0 aliphatic heterocycles. The second-order valence-electron chi connectivity index (χ2n) is 6.55. The molecule has 1 fully saturated rings. The molecular formula is C16H24F3N3O2. The second-order valence-corrected chi connectivity index (χ2v) is 6.55. The number of hydrogen-bond donors (Lipinski definition) is 2. The Bertz CT molecular complexity index is 551. The fourth-order valence-electron chi connectivity index (χ4n) is 3.41. The Kier molecular flexibility index (Phi) is 5.90. The SMILES string of the molecule is CCn1nccc1C(N[C@H](C(=O)O)C1CCC(C)CC1)C(F)(F)F. The third kappa shape index (κ3) is 4.28. The zero-order chi connectivity index (χ0) is 17.9. The third-order valence-corrected chi connectivity index (χ3v) is 4.82. The van der Waals surface area contributed by atoms with Crippen LogP contribution in [0.25, 0.3) is 0 Å². The molecule has 2 N–H and O–H groups in total. The molecule has 0 aromatic carbocycles. The summed E-state index contributed by atoms with van der Waals surface area (Å²) in [5.41, 5.74) is -0.0552. The summed E-state index contributed by atoms with van der Waals surface area (Å²) < 4.78 is 41.9. The molecule has 1 aliphatic rings. The van der Waals surface area contributed by atoms with Crippen LogP contribution >= 0.6 is 0 Å². The van der Waals surface area contributed by atoms with Gasteiger partial charge >= 0.3 is 12.1 Å². The van der Waals surface area contributed by atoms with Crippen LogP contribution in [0.5, 0.6) is 0 Å². The predicted molar refractivity (Wildman–Crippen MR) is 82.4 cm³/mol. The van der Waals surface area contributed by atoms with E-state index in [0.29, 0.717) is 18.8 Å². The van der Waals surface area contributed by atoms with Gasteiger partial charge in [-0.2, -0.15) is 18.3 Å². The Morgan fingerprint density at radius 1 is 1.42 bits per heavy atom. The Morgan fingerprint density at radius 2 is 2.04 bits per heavy atom. The van der Waals surface area contributed by atoms with E-state index in [1.165, 1.54) is 16.9 Å². The topological polar surface area (TPSA) is 67.2 Å². The number of carboxylic acid groups (broad SMARTS) is 1. The first-order valence-corrected chi connectivity index (χ1v) is 8.31. The zero-order valence-electron chi connectivity index (χ0n) is 13.9. The van der Waals surface area contributed by atoms with Crippen molar-refractivity contribution in [2.75, 3.05) is 0 Å². The predicted octanol–water partition coefficient (Wildman–Crippen LogP) is 3.38. The van der Waals surface area contributed by atoms with Crippen molar-refractivity contribution in [1.82, 2.24) is 15.1 Å². The van der Waals surface area contributed by atoms with Crippen LogP contribution in [-0.2, 0) is 11.3 Å². The van der Waals surface area contributed by atoms with E-state index >= 15 is 0 Å². The minimum Gasteiger partial charge on any atom is -0.480 e. The number of rotatable bonds is 6. The fraction of sp³-hybridized carbons (Fsp3) is 0.750. The van der Waals surface area contributed by atoms with Crippen LogP contribution in [0, 0.1) is 11.8 Å². The van der Waals surface area contributed by atoms with E-state index in [1.54, 1.807) is 6.92 Å². The van der Waals surface area contributed by atoms with Gasteiger partial charge in [-0.1, -0.05) is 19.8 Å². The average Bonchev–Trinajstić information content (AvgIpc) is 2.95. The zero-order valence-corrected chi connectivity index (χ0v) is 13.9. The van der Waals surface area contributed by atoms with Gasteiger partial charge in [-0.05, 0) is 37.7 Å². The first kappa shape index (κ1) is 18.8. The van der Waals surface area contributed by atoms with E-state index in [-0.39, 0.29) is 18.2 Å². The van der Waals surface area contributed by atoms with Gasteiger partial charge in [0.25, 0.3) is 0 Å². The molecule has 0 bridgehead atoms. The second kappa shape index (κ2) is 7.55. The molecule has 5 nitrogen and oxygen atoms in total. The summed E-state index contributed by atoms with van der Waals surface area (Å²) in [5.74, 6) is -1.02. The summed E-state index contributed by atoms with van der Waals surface area (Å²) in [5, 5.41) is 15.7. The summed E-state index contributed by atoms with van der Waals surface area (Å²) in [4.78, 5) is 11.6. The van der Waals surface area contributed by atoms with Gasteiger partial charge in [-0.25, -0.2) is 0 Å². The monoisotopic (exact) mass is 347 g/mol. The lowest BCUT2D eigenvalue weighted by atomic mass is 9.79. The van der Waals surface area contributed by atoms with E-state index in [0.717, 1.165) is 12.8 Å². The van der Waals surface area contributed by atoms with Crippen LogP contribution in [0.3, 0.4) is 0 Å². The van der Waals surface area contributed by atoms with Gasteiger partial charge in [0.1, 0.15) is 12.1 Å². The first-order chi connectivity index (χ1) is 11.2. The van der Waals surface area contributed by atoms with Crippen LogP contribution in [0.4, 0.5) is 13.2 Å². The maximum Gasteiger partial charge on any atom is 0.409 e. The quantitative estimate of drug-likeness (QED) is 0.828. The van der Waals surface area contributed by atoms with Gasteiger partial charge in [0.2, 0.25) is 0 Å². The number of aliphatic carboxylic acids is 1. The number of nitrogens with zero attached hydrogens (tertiary/aromatic N) is 2. The lowest BCUT2D eigenvalue weighted by Crippen LogP contribution is -2.49. The van der Waals surface area contributed by atoms with E-state index in [9.17, 15) is 23.1 Å². The van der Waals surface area contributed by atoms with Gasteiger partial charge in [0, 0.05) is 12.7 Å². The Balaban J connectivity index is 2.24. The van der Waals surface area contributed by atoms with Crippen molar-refractivity contribution >= 4 is 5.97 Å². The molecule has 2 rings (SSSR count). The van der Waals surface area contributed by atoms with Crippen molar-refractivity contribution in [2.45, 2.75) is 64.3 Å². The molecule has 1 unspecified atom stereocenters. The Morgan fingerprint density at radius 3 is 2.54 bits per heavy atom. The number of aryl methyl sites for hydroxylation is 1. The molecule has 0 radical (unpaired) electrons. The van der Waals surface area contributed by atoms with E-state index in [4.69, 9.17) is 0 Å². The first-order valence-electron chi connectivity index (χ1n) is 8.31.